The lowest BCUT2D eigenvalue weighted by molar-refractivity contribution is 0.483. The van der Waals surface area contributed by atoms with Crippen LogP contribution >= 0.6 is 0 Å². The number of nitrogens with zero attached hydrogens (tertiary/aromatic N) is 2. The van der Waals surface area contributed by atoms with Crippen LogP contribution in [0.1, 0.15) is 39.3 Å². The molecule has 2 atom stereocenters. The molecule has 1 aromatic rings. The zero-order chi connectivity index (χ0) is 11.3. The first-order chi connectivity index (χ1) is 7.11. The number of aromatic nitrogens is 2. The number of aryl methyl sites for hydroxylation is 1. The monoisotopic (exact) mass is 207 g/mol. The van der Waals surface area contributed by atoms with Gasteiger partial charge in [0, 0.05) is 6.04 Å². The first-order valence-corrected chi connectivity index (χ1v) is 5.68. The molecule has 0 aliphatic heterocycles. The quantitative estimate of drug-likeness (QED) is 0.806. The molecule has 2 unspecified atom stereocenters. The average Bonchev–Trinajstić information content (AvgIpc) is 2.21. The van der Waals surface area contributed by atoms with E-state index in [1.807, 2.05) is 19.1 Å². The fourth-order valence-corrected chi connectivity index (χ4v) is 1.56. The summed E-state index contributed by atoms with van der Waals surface area (Å²) in [6.07, 6.45) is 2.40. The second kappa shape index (κ2) is 5.69. The normalized spacial score (nSPS) is 14.7. The highest BCUT2D eigenvalue weighted by atomic mass is 15.2. The number of nitrogens with one attached hydrogen (secondary N) is 1. The Morgan fingerprint density at radius 1 is 1.27 bits per heavy atom. The molecule has 0 aliphatic carbocycles. The Labute approximate surface area is 92.3 Å². The van der Waals surface area contributed by atoms with Gasteiger partial charge >= 0.3 is 0 Å². The van der Waals surface area contributed by atoms with Crippen LogP contribution in [0.2, 0.25) is 0 Å². The number of rotatable bonds is 5. The molecule has 0 bridgehead atoms. The number of anilines is 1. The van der Waals surface area contributed by atoms with Crippen molar-refractivity contribution in [1.29, 1.82) is 0 Å². The van der Waals surface area contributed by atoms with Crippen LogP contribution in [0.3, 0.4) is 0 Å². The molecule has 0 saturated heterocycles. The molecule has 0 saturated carbocycles. The molecule has 0 amide bonds. The third-order valence-electron chi connectivity index (χ3n) is 2.65. The van der Waals surface area contributed by atoms with E-state index >= 15 is 0 Å². The molecule has 84 valence electrons. The summed E-state index contributed by atoms with van der Waals surface area (Å²) in [4.78, 5) is 0. The van der Waals surface area contributed by atoms with E-state index in [9.17, 15) is 0 Å². The van der Waals surface area contributed by atoms with E-state index in [0.29, 0.717) is 6.04 Å². The lowest BCUT2D eigenvalue weighted by Gasteiger charge is -2.17. The van der Waals surface area contributed by atoms with Crippen LogP contribution in [-0.4, -0.2) is 16.2 Å². The van der Waals surface area contributed by atoms with Crippen molar-refractivity contribution in [2.45, 2.75) is 46.6 Å². The van der Waals surface area contributed by atoms with Crippen LogP contribution in [-0.2, 0) is 0 Å². The average molecular weight is 207 g/mol. The van der Waals surface area contributed by atoms with Crippen LogP contribution in [0, 0.1) is 12.8 Å². The second-order valence-corrected chi connectivity index (χ2v) is 4.35. The van der Waals surface area contributed by atoms with Gasteiger partial charge in [0.1, 0.15) is 5.82 Å². The predicted octanol–water partition coefficient (Wildman–Crippen LogP) is 3.02. The molecule has 3 nitrogen and oxygen atoms in total. The third kappa shape index (κ3) is 4.28. The lowest BCUT2D eigenvalue weighted by Crippen LogP contribution is -2.19. The topological polar surface area (TPSA) is 37.8 Å². The van der Waals surface area contributed by atoms with Gasteiger partial charge in [0.25, 0.3) is 0 Å². The number of hydrogen-bond donors (Lipinski definition) is 1. The van der Waals surface area contributed by atoms with Gasteiger partial charge in [0.05, 0.1) is 5.69 Å². The smallest absolute Gasteiger partial charge is 0.148 e. The molecule has 0 spiro atoms. The maximum Gasteiger partial charge on any atom is 0.148 e. The fourth-order valence-electron chi connectivity index (χ4n) is 1.56. The van der Waals surface area contributed by atoms with E-state index in [1.165, 1.54) is 12.8 Å². The molecule has 0 aliphatic rings. The highest BCUT2D eigenvalue weighted by molar-refractivity contribution is 5.33. The van der Waals surface area contributed by atoms with Gasteiger partial charge in [-0.15, -0.1) is 5.10 Å². The molecule has 0 aromatic carbocycles. The van der Waals surface area contributed by atoms with E-state index in [0.717, 1.165) is 17.4 Å². The lowest BCUT2D eigenvalue weighted by atomic mass is 10.0. The zero-order valence-corrected chi connectivity index (χ0v) is 10.1. The number of hydrogen-bond acceptors (Lipinski definition) is 3. The molecule has 1 aromatic heterocycles. The Bertz CT molecular complexity index is 281. The summed E-state index contributed by atoms with van der Waals surface area (Å²) in [7, 11) is 0. The standard InChI is InChI=1S/C12H21N3/c1-5-9(2)8-11(4)13-12-7-6-10(3)14-15-12/h6-7,9,11H,5,8H2,1-4H3,(H,13,15). The minimum atomic E-state index is 0.456. The van der Waals surface area contributed by atoms with Gasteiger partial charge in [0.15, 0.2) is 0 Å². The Morgan fingerprint density at radius 2 is 2.00 bits per heavy atom. The second-order valence-electron chi connectivity index (χ2n) is 4.35. The maximum absolute atomic E-state index is 4.09. The van der Waals surface area contributed by atoms with Crippen molar-refractivity contribution in [3.63, 3.8) is 0 Å². The maximum atomic E-state index is 4.09. The van der Waals surface area contributed by atoms with Crippen molar-refractivity contribution in [1.82, 2.24) is 10.2 Å². The SMILES string of the molecule is CCC(C)CC(C)Nc1ccc(C)nn1. The summed E-state index contributed by atoms with van der Waals surface area (Å²) in [5.74, 6) is 1.63. The van der Waals surface area contributed by atoms with Crippen molar-refractivity contribution in [3.8, 4) is 0 Å². The molecular weight excluding hydrogens is 186 g/mol. The fraction of sp³-hybridized carbons (Fsp3) is 0.667. The molecule has 1 heterocycles. The summed E-state index contributed by atoms with van der Waals surface area (Å²) >= 11 is 0. The first-order valence-electron chi connectivity index (χ1n) is 5.68. The molecule has 15 heavy (non-hydrogen) atoms. The van der Waals surface area contributed by atoms with Gasteiger partial charge < -0.3 is 5.32 Å². The molecule has 0 fully saturated rings. The summed E-state index contributed by atoms with van der Waals surface area (Å²) in [6.45, 7) is 8.63. The van der Waals surface area contributed by atoms with Crippen molar-refractivity contribution in [2.75, 3.05) is 5.32 Å². The van der Waals surface area contributed by atoms with E-state index in [-0.39, 0.29) is 0 Å². The van der Waals surface area contributed by atoms with Gasteiger partial charge in [-0.05, 0) is 38.3 Å². The van der Waals surface area contributed by atoms with Crippen LogP contribution in [0.5, 0.6) is 0 Å². The molecule has 3 heteroatoms. The predicted molar refractivity (Wildman–Crippen MR) is 63.9 cm³/mol. The largest absolute Gasteiger partial charge is 0.366 e. The summed E-state index contributed by atoms with van der Waals surface area (Å²) < 4.78 is 0. The molecule has 0 radical (unpaired) electrons. The van der Waals surface area contributed by atoms with Crippen molar-refractivity contribution >= 4 is 5.82 Å². The van der Waals surface area contributed by atoms with Gasteiger partial charge in [-0.2, -0.15) is 5.10 Å². The summed E-state index contributed by atoms with van der Waals surface area (Å²) in [5, 5.41) is 11.5. The third-order valence-corrected chi connectivity index (χ3v) is 2.65. The van der Waals surface area contributed by atoms with Crippen LogP contribution in [0.15, 0.2) is 12.1 Å². The van der Waals surface area contributed by atoms with E-state index in [4.69, 9.17) is 0 Å². The van der Waals surface area contributed by atoms with Crippen molar-refractivity contribution in [3.05, 3.63) is 17.8 Å². The van der Waals surface area contributed by atoms with E-state index in [1.54, 1.807) is 0 Å². The minimum absolute atomic E-state index is 0.456. The molecular formula is C12H21N3. The van der Waals surface area contributed by atoms with Gasteiger partial charge in [0.2, 0.25) is 0 Å². The first kappa shape index (κ1) is 12.0. The van der Waals surface area contributed by atoms with E-state index in [2.05, 4.69) is 36.3 Å². The Kier molecular flexibility index (Phi) is 4.53. The summed E-state index contributed by atoms with van der Waals surface area (Å²) in [6, 6.07) is 4.41. The highest BCUT2D eigenvalue weighted by Crippen LogP contribution is 2.12. The Hall–Kier alpha value is -1.12. The van der Waals surface area contributed by atoms with Gasteiger partial charge in [-0.3, -0.25) is 0 Å². The highest BCUT2D eigenvalue weighted by Gasteiger charge is 2.07. The van der Waals surface area contributed by atoms with Crippen LogP contribution < -0.4 is 5.32 Å². The van der Waals surface area contributed by atoms with Crippen molar-refractivity contribution in [2.24, 2.45) is 5.92 Å². The Morgan fingerprint density at radius 3 is 2.53 bits per heavy atom. The van der Waals surface area contributed by atoms with Crippen molar-refractivity contribution < 1.29 is 0 Å². The van der Waals surface area contributed by atoms with Gasteiger partial charge in [-0.25, -0.2) is 0 Å². The zero-order valence-electron chi connectivity index (χ0n) is 10.1. The van der Waals surface area contributed by atoms with Crippen LogP contribution in [0.25, 0.3) is 0 Å². The Balaban J connectivity index is 2.44. The molecule has 1 rings (SSSR count). The minimum Gasteiger partial charge on any atom is -0.366 e. The molecule has 1 N–H and O–H groups in total. The van der Waals surface area contributed by atoms with Gasteiger partial charge in [-0.1, -0.05) is 20.3 Å². The van der Waals surface area contributed by atoms with E-state index < -0.39 is 0 Å². The van der Waals surface area contributed by atoms with Crippen LogP contribution in [0.4, 0.5) is 5.82 Å². The summed E-state index contributed by atoms with van der Waals surface area (Å²) in [5.41, 5.74) is 0.954.